The SMILES string of the molecule is O=C(NCCCN1CCN(c2ncccn2)CC1)c1ccc(F)c(F)c1. The number of carbonyl (C=O) groups excluding carboxylic acids is 1. The Morgan fingerprint density at radius 2 is 1.81 bits per heavy atom. The molecule has 26 heavy (non-hydrogen) atoms. The van der Waals surface area contributed by atoms with Gasteiger partial charge in [-0.25, -0.2) is 18.7 Å². The fraction of sp³-hybridized carbons (Fsp3) is 0.389. The largest absolute Gasteiger partial charge is 0.352 e. The van der Waals surface area contributed by atoms with E-state index in [-0.39, 0.29) is 5.56 Å². The van der Waals surface area contributed by atoms with Crippen molar-refractivity contribution in [3.05, 3.63) is 53.9 Å². The number of hydrogen-bond acceptors (Lipinski definition) is 5. The number of nitrogens with zero attached hydrogens (tertiary/aromatic N) is 4. The minimum Gasteiger partial charge on any atom is -0.352 e. The van der Waals surface area contributed by atoms with Gasteiger partial charge in [0.2, 0.25) is 5.95 Å². The lowest BCUT2D eigenvalue weighted by Crippen LogP contribution is -2.47. The lowest BCUT2D eigenvalue weighted by Gasteiger charge is -2.34. The van der Waals surface area contributed by atoms with Crippen LogP contribution in [0.3, 0.4) is 0 Å². The molecule has 0 bridgehead atoms. The number of rotatable bonds is 6. The third kappa shape index (κ3) is 4.72. The van der Waals surface area contributed by atoms with Crippen LogP contribution < -0.4 is 10.2 Å². The molecule has 0 atom stereocenters. The summed E-state index contributed by atoms with van der Waals surface area (Å²) in [5.74, 6) is -1.61. The van der Waals surface area contributed by atoms with Gasteiger partial charge in [0.05, 0.1) is 0 Å². The third-order valence-corrected chi connectivity index (χ3v) is 4.33. The second-order valence-electron chi connectivity index (χ2n) is 6.12. The van der Waals surface area contributed by atoms with E-state index in [2.05, 4.69) is 25.1 Å². The van der Waals surface area contributed by atoms with Crippen LogP contribution in [0.15, 0.2) is 36.7 Å². The van der Waals surface area contributed by atoms with Gasteiger partial charge in [-0.1, -0.05) is 0 Å². The molecule has 8 heteroatoms. The van der Waals surface area contributed by atoms with Gasteiger partial charge in [0.15, 0.2) is 11.6 Å². The number of amides is 1. The quantitative estimate of drug-likeness (QED) is 0.794. The predicted octanol–water partition coefficient (Wildman–Crippen LogP) is 1.70. The van der Waals surface area contributed by atoms with E-state index in [1.54, 1.807) is 18.5 Å². The van der Waals surface area contributed by atoms with Crippen molar-refractivity contribution in [1.82, 2.24) is 20.2 Å². The van der Waals surface area contributed by atoms with Gasteiger partial charge >= 0.3 is 0 Å². The molecule has 0 saturated carbocycles. The fourth-order valence-electron chi connectivity index (χ4n) is 2.87. The van der Waals surface area contributed by atoms with Gasteiger partial charge in [0, 0.05) is 50.7 Å². The van der Waals surface area contributed by atoms with Crippen molar-refractivity contribution in [2.75, 3.05) is 44.2 Å². The summed E-state index contributed by atoms with van der Waals surface area (Å²) < 4.78 is 26.0. The summed E-state index contributed by atoms with van der Waals surface area (Å²) in [7, 11) is 0. The standard InChI is InChI=1S/C18H21F2N5O/c19-15-4-3-14(13-16(15)20)17(26)21-7-2-8-24-9-11-25(12-10-24)18-22-5-1-6-23-18/h1,3-6,13H,2,7-12H2,(H,21,26). The molecule has 0 spiro atoms. The highest BCUT2D eigenvalue weighted by molar-refractivity contribution is 5.94. The average molecular weight is 361 g/mol. The Hall–Kier alpha value is -2.61. The van der Waals surface area contributed by atoms with Gasteiger partial charge in [-0.05, 0) is 37.2 Å². The van der Waals surface area contributed by atoms with Crippen LogP contribution in [0, 0.1) is 11.6 Å². The minimum absolute atomic E-state index is 0.125. The summed E-state index contributed by atoms with van der Waals surface area (Å²) in [6.45, 7) is 4.91. The maximum Gasteiger partial charge on any atom is 0.251 e. The summed E-state index contributed by atoms with van der Waals surface area (Å²) in [5.41, 5.74) is 0.125. The molecule has 1 fully saturated rings. The van der Waals surface area contributed by atoms with Gasteiger partial charge in [-0.3, -0.25) is 9.69 Å². The molecule has 138 valence electrons. The maximum absolute atomic E-state index is 13.2. The van der Waals surface area contributed by atoms with E-state index in [0.29, 0.717) is 6.54 Å². The molecule has 2 heterocycles. The van der Waals surface area contributed by atoms with Gasteiger partial charge in [0.25, 0.3) is 5.91 Å². The number of anilines is 1. The molecule has 0 radical (unpaired) electrons. The smallest absolute Gasteiger partial charge is 0.251 e. The summed E-state index contributed by atoms with van der Waals surface area (Å²) in [4.78, 5) is 24.9. The molecule has 2 aromatic rings. The van der Waals surface area contributed by atoms with E-state index in [1.165, 1.54) is 6.07 Å². The van der Waals surface area contributed by atoms with E-state index < -0.39 is 17.5 Å². The molecule has 1 aliphatic heterocycles. The number of nitrogens with one attached hydrogen (secondary N) is 1. The molecule has 0 aliphatic carbocycles. The van der Waals surface area contributed by atoms with Gasteiger partial charge in [-0.2, -0.15) is 0 Å². The monoisotopic (exact) mass is 361 g/mol. The van der Waals surface area contributed by atoms with E-state index in [9.17, 15) is 13.6 Å². The van der Waals surface area contributed by atoms with E-state index in [4.69, 9.17) is 0 Å². The average Bonchev–Trinajstić information content (AvgIpc) is 2.68. The lowest BCUT2D eigenvalue weighted by molar-refractivity contribution is 0.0951. The Kier molecular flexibility index (Phi) is 6.06. The van der Waals surface area contributed by atoms with Crippen molar-refractivity contribution in [3.8, 4) is 0 Å². The molecule has 1 aliphatic rings. The first-order valence-corrected chi connectivity index (χ1v) is 8.61. The highest BCUT2D eigenvalue weighted by atomic mass is 19.2. The Labute approximate surface area is 150 Å². The van der Waals surface area contributed by atoms with Crippen molar-refractivity contribution >= 4 is 11.9 Å². The first kappa shape index (κ1) is 18.2. The minimum atomic E-state index is -1.02. The number of aromatic nitrogens is 2. The van der Waals surface area contributed by atoms with Crippen molar-refractivity contribution < 1.29 is 13.6 Å². The number of halogens is 2. The molecule has 1 aromatic carbocycles. The summed E-state index contributed by atoms with van der Waals surface area (Å²) in [6, 6.07) is 4.95. The molecular weight excluding hydrogens is 340 g/mol. The summed E-state index contributed by atoms with van der Waals surface area (Å²) >= 11 is 0. The number of benzene rings is 1. The third-order valence-electron chi connectivity index (χ3n) is 4.33. The lowest BCUT2D eigenvalue weighted by atomic mass is 10.2. The molecule has 1 amide bonds. The van der Waals surface area contributed by atoms with Crippen LogP contribution in [-0.4, -0.2) is 60.0 Å². The van der Waals surface area contributed by atoms with Gasteiger partial charge in [-0.15, -0.1) is 0 Å². The highest BCUT2D eigenvalue weighted by Gasteiger charge is 2.18. The normalized spacial score (nSPS) is 15.1. The molecule has 1 saturated heterocycles. The molecule has 3 rings (SSSR count). The second-order valence-corrected chi connectivity index (χ2v) is 6.12. The van der Waals surface area contributed by atoms with E-state index in [0.717, 1.165) is 57.2 Å². The zero-order chi connectivity index (χ0) is 18.4. The first-order chi connectivity index (χ1) is 12.6. The first-order valence-electron chi connectivity index (χ1n) is 8.61. The van der Waals surface area contributed by atoms with Crippen molar-refractivity contribution in [2.45, 2.75) is 6.42 Å². The van der Waals surface area contributed by atoms with Crippen LogP contribution in [0.2, 0.25) is 0 Å². The van der Waals surface area contributed by atoms with Crippen LogP contribution in [0.25, 0.3) is 0 Å². The van der Waals surface area contributed by atoms with Gasteiger partial charge < -0.3 is 10.2 Å². The van der Waals surface area contributed by atoms with Gasteiger partial charge in [0.1, 0.15) is 0 Å². The van der Waals surface area contributed by atoms with E-state index in [1.807, 2.05) is 0 Å². The molecular formula is C18H21F2N5O. The van der Waals surface area contributed by atoms with Crippen LogP contribution in [-0.2, 0) is 0 Å². The zero-order valence-corrected chi connectivity index (χ0v) is 14.4. The van der Waals surface area contributed by atoms with Crippen LogP contribution in [0.5, 0.6) is 0 Å². The Morgan fingerprint density at radius 1 is 1.08 bits per heavy atom. The molecule has 1 aromatic heterocycles. The Balaban J connectivity index is 1.35. The maximum atomic E-state index is 13.2. The topological polar surface area (TPSA) is 61.4 Å². The second kappa shape index (κ2) is 8.66. The Bertz CT molecular complexity index is 736. The molecule has 6 nitrogen and oxygen atoms in total. The predicted molar refractivity (Wildman–Crippen MR) is 94.0 cm³/mol. The molecule has 1 N–H and O–H groups in total. The van der Waals surface area contributed by atoms with Crippen LogP contribution in [0.4, 0.5) is 14.7 Å². The van der Waals surface area contributed by atoms with E-state index >= 15 is 0 Å². The highest BCUT2D eigenvalue weighted by Crippen LogP contribution is 2.10. The summed E-state index contributed by atoms with van der Waals surface area (Å²) in [6.07, 6.45) is 4.27. The number of hydrogen-bond donors (Lipinski definition) is 1. The summed E-state index contributed by atoms with van der Waals surface area (Å²) in [5, 5.41) is 2.73. The zero-order valence-electron chi connectivity index (χ0n) is 14.4. The Morgan fingerprint density at radius 3 is 2.50 bits per heavy atom. The van der Waals surface area contributed by atoms with Crippen molar-refractivity contribution in [1.29, 1.82) is 0 Å². The number of carbonyl (C=O) groups is 1. The molecule has 0 unspecified atom stereocenters. The van der Waals surface area contributed by atoms with Crippen LogP contribution >= 0.6 is 0 Å². The number of piperazine rings is 1. The van der Waals surface area contributed by atoms with Crippen molar-refractivity contribution in [2.24, 2.45) is 0 Å². The van der Waals surface area contributed by atoms with Crippen LogP contribution in [0.1, 0.15) is 16.8 Å². The van der Waals surface area contributed by atoms with Crippen molar-refractivity contribution in [3.63, 3.8) is 0 Å². The fourth-order valence-corrected chi connectivity index (χ4v) is 2.87.